The van der Waals surface area contributed by atoms with Crippen molar-refractivity contribution in [2.45, 2.75) is 56.6 Å². The third-order valence-corrected chi connectivity index (χ3v) is 9.01. The highest BCUT2D eigenvalue weighted by molar-refractivity contribution is 6.21. The normalized spacial score (nSPS) is 40.2. The molecule has 176 valence electrons. The van der Waals surface area contributed by atoms with Gasteiger partial charge in [-0.15, -0.1) is 11.6 Å². The smallest absolute Gasteiger partial charge is 0.339 e. The molecular weight excluding hydrogens is 450 g/mol. The van der Waals surface area contributed by atoms with E-state index in [9.17, 15) is 24.6 Å². The van der Waals surface area contributed by atoms with E-state index in [-0.39, 0.29) is 58.6 Å². The third kappa shape index (κ3) is 2.96. The molecule has 33 heavy (non-hydrogen) atoms. The Balaban J connectivity index is 1.38. The van der Waals surface area contributed by atoms with Crippen LogP contribution in [0, 0.1) is 22.7 Å². The number of hydrogen-bond acceptors (Lipinski definition) is 6. The van der Waals surface area contributed by atoms with E-state index in [4.69, 9.17) is 21.4 Å². The van der Waals surface area contributed by atoms with Crippen molar-refractivity contribution in [2.24, 2.45) is 22.7 Å². The molecule has 8 nitrogen and oxygen atoms in total. The Kier molecular flexibility index (Phi) is 4.69. The quantitative estimate of drug-likeness (QED) is 0.378. The van der Waals surface area contributed by atoms with Gasteiger partial charge in [-0.25, -0.2) is 4.79 Å². The number of hydrogen-bond donors (Lipinski definition) is 4. The van der Waals surface area contributed by atoms with E-state index in [1.807, 2.05) is 13.0 Å². The van der Waals surface area contributed by atoms with Crippen LogP contribution in [0.3, 0.4) is 0 Å². The van der Waals surface area contributed by atoms with Gasteiger partial charge in [0.1, 0.15) is 17.0 Å². The number of halogens is 1. The number of anilines is 1. The van der Waals surface area contributed by atoms with Crippen molar-refractivity contribution in [1.29, 1.82) is 0 Å². The van der Waals surface area contributed by atoms with Crippen molar-refractivity contribution in [3.05, 3.63) is 29.8 Å². The van der Waals surface area contributed by atoms with Crippen LogP contribution >= 0.6 is 11.6 Å². The Morgan fingerprint density at radius 3 is 2.67 bits per heavy atom. The van der Waals surface area contributed by atoms with Gasteiger partial charge in [0.15, 0.2) is 11.5 Å². The molecular formula is C24H26ClNO7. The fourth-order valence-electron chi connectivity index (χ4n) is 7.02. The van der Waals surface area contributed by atoms with Crippen molar-refractivity contribution in [1.82, 2.24) is 0 Å². The lowest BCUT2D eigenvalue weighted by molar-refractivity contribution is -0.168. The highest BCUT2D eigenvalue weighted by Gasteiger charge is 2.74. The van der Waals surface area contributed by atoms with E-state index < -0.39 is 34.4 Å². The number of carbonyl (C=O) groups is 3. The molecule has 2 saturated carbocycles. The number of benzene rings is 1. The second kappa shape index (κ2) is 6.96. The molecule has 2 heterocycles. The molecule has 2 aliphatic heterocycles. The first-order valence-corrected chi connectivity index (χ1v) is 11.5. The number of allylic oxidation sites excluding steroid dienone is 2. The number of alkyl halides is 1. The first kappa shape index (κ1) is 22.2. The van der Waals surface area contributed by atoms with Gasteiger partial charge in [-0.05, 0) is 49.8 Å². The standard InChI is InChI=1S/C24H26ClNO7/c1-22(7-6-15(29)26-17-13(27)4-3-11(18(17)30)21(31)32)14(28)5-8-24-9-12-16(25)19(20(22)24)33-23(12,2)10-24/h3-5,8,12,16,19-20,27,30H,6-7,9-10H2,1-2H3,(H,26,29)(H,31,32)/t12?,16-,19?,20?,22?,23?,24?/m0/s1. The maximum absolute atomic E-state index is 13.1. The SMILES string of the molecule is CC12CC34C=CC(=O)C(C)(CCC(=O)Nc5c(O)ccc(C(=O)O)c5O)C3C(O1)[C@@H](Cl)C2C4. The van der Waals surface area contributed by atoms with Gasteiger partial charge in [0, 0.05) is 23.7 Å². The number of carbonyl (C=O) groups excluding carboxylic acids is 2. The summed E-state index contributed by atoms with van der Waals surface area (Å²) in [7, 11) is 0. The monoisotopic (exact) mass is 475 g/mol. The van der Waals surface area contributed by atoms with Crippen molar-refractivity contribution in [3.8, 4) is 11.5 Å². The van der Waals surface area contributed by atoms with E-state index in [1.54, 1.807) is 6.08 Å². The Morgan fingerprint density at radius 1 is 1.27 bits per heavy atom. The van der Waals surface area contributed by atoms with Crippen LogP contribution in [0.2, 0.25) is 0 Å². The van der Waals surface area contributed by atoms with Gasteiger partial charge in [-0.3, -0.25) is 9.59 Å². The van der Waals surface area contributed by atoms with Gasteiger partial charge in [-0.1, -0.05) is 13.0 Å². The average molecular weight is 476 g/mol. The zero-order valence-electron chi connectivity index (χ0n) is 18.3. The van der Waals surface area contributed by atoms with Gasteiger partial charge in [-0.2, -0.15) is 0 Å². The summed E-state index contributed by atoms with van der Waals surface area (Å²) in [5.74, 6) is -3.12. The van der Waals surface area contributed by atoms with E-state index in [0.29, 0.717) is 0 Å². The Bertz CT molecular complexity index is 1120. The minimum Gasteiger partial charge on any atom is -0.506 e. The topological polar surface area (TPSA) is 133 Å². The number of nitrogens with one attached hydrogen (secondary N) is 1. The van der Waals surface area contributed by atoms with Crippen LogP contribution in [-0.4, -0.2) is 50.1 Å². The summed E-state index contributed by atoms with van der Waals surface area (Å²) in [5.41, 5.74) is -2.15. The predicted molar refractivity (Wildman–Crippen MR) is 118 cm³/mol. The molecule has 4 N–H and O–H groups in total. The second-order valence-electron chi connectivity index (χ2n) is 10.4. The minimum absolute atomic E-state index is 0.0702. The Morgan fingerprint density at radius 2 is 2.00 bits per heavy atom. The average Bonchev–Trinajstić information content (AvgIpc) is 3.08. The van der Waals surface area contributed by atoms with Gasteiger partial charge >= 0.3 is 5.97 Å². The number of carboxylic acids is 1. The van der Waals surface area contributed by atoms with Gasteiger partial charge in [0.2, 0.25) is 5.91 Å². The molecule has 9 heteroatoms. The lowest BCUT2D eigenvalue weighted by Gasteiger charge is -2.55. The molecule has 4 bridgehead atoms. The summed E-state index contributed by atoms with van der Waals surface area (Å²) in [6.07, 6.45) is 5.21. The summed E-state index contributed by atoms with van der Waals surface area (Å²) in [5, 5.41) is 31.6. The molecule has 1 aromatic carbocycles. The van der Waals surface area contributed by atoms with Crippen molar-refractivity contribution >= 4 is 34.9 Å². The maximum Gasteiger partial charge on any atom is 0.339 e. The third-order valence-electron chi connectivity index (χ3n) is 8.45. The summed E-state index contributed by atoms with van der Waals surface area (Å²) >= 11 is 6.78. The summed E-state index contributed by atoms with van der Waals surface area (Å²) in [6, 6.07) is 2.13. The molecule has 1 amide bonds. The fourth-order valence-corrected chi connectivity index (χ4v) is 7.58. The number of rotatable bonds is 5. The number of phenols is 2. The first-order valence-electron chi connectivity index (χ1n) is 11.1. The zero-order valence-corrected chi connectivity index (χ0v) is 19.1. The Labute approximate surface area is 195 Å². The summed E-state index contributed by atoms with van der Waals surface area (Å²) in [4.78, 5) is 37.1. The summed E-state index contributed by atoms with van der Waals surface area (Å²) < 4.78 is 6.39. The van der Waals surface area contributed by atoms with Crippen LogP contribution in [0.5, 0.6) is 11.5 Å². The number of ketones is 1. The second-order valence-corrected chi connectivity index (χ2v) is 10.9. The molecule has 1 aromatic rings. The number of amides is 1. The van der Waals surface area contributed by atoms with Crippen LogP contribution in [0.4, 0.5) is 5.69 Å². The largest absolute Gasteiger partial charge is 0.506 e. The highest BCUT2D eigenvalue weighted by atomic mass is 35.5. The van der Waals surface area contributed by atoms with Gasteiger partial charge in [0.05, 0.1) is 17.1 Å². The van der Waals surface area contributed by atoms with E-state index in [2.05, 4.69) is 12.2 Å². The molecule has 1 spiro atoms. The van der Waals surface area contributed by atoms with E-state index >= 15 is 0 Å². The molecule has 6 unspecified atom stereocenters. The number of carboxylic acid groups (broad SMARTS) is 1. The van der Waals surface area contributed by atoms with Crippen LogP contribution in [0.15, 0.2) is 24.3 Å². The van der Waals surface area contributed by atoms with Crippen molar-refractivity contribution < 1.29 is 34.4 Å². The molecule has 4 fully saturated rings. The van der Waals surface area contributed by atoms with E-state index in [1.165, 1.54) is 0 Å². The highest BCUT2D eigenvalue weighted by Crippen LogP contribution is 2.72. The van der Waals surface area contributed by atoms with Gasteiger partial charge < -0.3 is 25.4 Å². The molecule has 7 atom stereocenters. The van der Waals surface area contributed by atoms with Crippen LogP contribution < -0.4 is 5.32 Å². The predicted octanol–water partition coefficient (Wildman–Crippen LogP) is 3.45. The maximum atomic E-state index is 13.1. The molecule has 5 aliphatic rings. The lowest BCUT2D eigenvalue weighted by atomic mass is 9.51. The van der Waals surface area contributed by atoms with Crippen LogP contribution in [0.1, 0.15) is 49.9 Å². The fraction of sp³-hybridized carbons (Fsp3) is 0.542. The lowest BCUT2D eigenvalue weighted by Crippen LogP contribution is -2.58. The van der Waals surface area contributed by atoms with Crippen molar-refractivity contribution in [2.75, 3.05) is 5.32 Å². The van der Waals surface area contributed by atoms with Crippen molar-refractivity contribution in [3.63, 3.8) is 0 Å². The summed E-state index contributed by atoms with van der Waals surface area (Å²) in [6.45, 7) is 3.96. The number of aromatic hydroxyl groups is 2. The first-order chi connectivity index (χ1) is 15.4. The number of aromatic carboxylic acids is 1. The molecule has 0 aromatic heterocycles. The Hall–Kier alpha value is -2.58. The zero-order chi connectivity index (χ0) is 23.9. The van der Waals surface area contributed by atoms with E-state index in [0.717, 1.165) is 25.0 Å². The molecule has 3 aliphatic carbocycles. The van der Waals surface area contributed by atoms with Crippen LogP contribution in [-0.2, 0) is 14.3 Å². The molecule has 2 saturated heterocycles. The number of phenolic OH excluding ortho intramolecular Hbond substituents is 1. The molecule has 6 rings (SSSR count). The van der Waals surface area contributed by atoms with Crippen LogP contribution in [0.25, 0.3) is 0 Å². The minimum atomic E-state index is -1.39. The number of ether oxygens (including phenoxy) is 1. The van der Waals surface area contributed by atoms with Gasteiger partial charge in [0.25, 0.3) is 0 Å². The molecule has 0 radical (unpaired) electrons.